The van der Waals surface area contributed by atoms with Crippen LogP contribution >= 0.6 is 31.9 Å². The molecule has 0 heterocycles. The number of rotatable bonds is 2. The van der Waals surface area contributed by atoms with Gasteiger partial charge < -0.3 is 5.32 Å². The van der Waals surface area contributed by atoms with Gasteiger partial charge in [-0.3, -0.25) is 4.79 Å². The van der Waals surface area contributed by atoms with E-state index in [9.17, 15) is 31.1 Å². The quantitative estimate of drug-likeness (QED) is 0.620. The lowest BCUT2D eigenvalue weighted by atomic mass is 9.87. The van der Waals surface area contributed by atoms with E-state index in [4.69, 9.17) is 0 Å². The molecule has 0 radical (unpaired) electrons. The molecule has 1 rings (SSSR count). The largest absolute Gasteiger partial charge is 0.411 e. The van der Waals surface area contributed by atoms with E-state index in [0.29, 0.717) is 4.47 Å². The van der Waals surface area contributed by atoms with E-state index >= 15 is 0 Å². The van der Waals surface area contributed by atoms with Crippen molar-refractivity contribution < 1.29 is 31.1 Å². The third-order valence-corrected chi connectivity index (χ3v) is 3.92. The van der Waals surface area contributed by atoms with Crippen LogP contribution in [0.4, 0.5) is 32.0 Å². The van der Waals surface area contributed by atoms with E-state index in [1.54, 1.807) is 5.32 Å². The van der Waals surface area contributed by atoms with Crippen LogP contribution in [0.1, 0.15) is 6.92 Å². The van der Waals surface area contributed by atoms with Gasteiger partial charge in [0.15, 0.2) is 0 Å². The molecular formula is C11H7Br2F6NO. The van der Waals surface area contributed by atoms with Gasteiger partial charge in [0.25, 0.3) is 0 Å². The number of hydrogen-bond donors (Lipinski definition) is 1. The van der Waals surface area contributed by atoms with Crippen molar-refractivity contribution in [2.45, 2.75) is 19.3 Å². The summed E-state index contributed by atoms with van der Waals surface area (Å²) in [5.41, 5.74) is -4.71. The van der Waals surface area contributed by atoms with Crippen molar-refractivity contribution in [3.63, 3.8) is 0 Å². The van der Waals surface area contributed by atoms with Gasteiger partial charge in [-0.2, -0.15) is 26.3 Å². The zero-order valence-electron chi connectivity index (χ0n) is 10.2. The van der Waals surface area contributed by atoms with Crippen molar-refractivity contribution >= 4 is 43.5 Å². The smallest absolute Gasteiger partial charge is 0.324 e. The SMILES string of the molecule is CC(C(=O)Nc1ccc(Br)cc1Br)(C(F)(F)F)C(F)(F)F. The Bertz CT molecular complexity index is 541. The molecule has 0 saturated heterocycles. The first-order chi connectivity index (χ1) is 9.30. The Morgan fingerprint density at radius 2 is 1.52 bits per heavy atom. The summed E-state index contributed by atoms with van der Waals surface area (Å²) >= 11 is 6.00. The Morgan fingerprint density at radius 1 is 1.05 bits per heavy atom. The van der Waals surface area contributed by atoms with Crippen LogP contribution in [-0.2, 0) is 4.79 Å². The van der Waals surface area contributed by atoms with E-state index in [0.717, 1.165) is 0 Å². The fraction of sp³-hybridized carbons (Fsp3) is 0.364. The van der Waals surface area contributed by atoms with Gasteiger partial charge in [-0.05, 0) is 41.1 Å². The minimum atomic E-state index is -5.78. The Balaban J connectivity index is 3.20. The lowest BCUT2D eigenvalue weighted by molar-refractivity contribution is -0.317. The van der Waals surface area contributed by atoms with E-state index in [2.05, 4.69) is 31.9 Å². The molecule has 118 valence electrons. The molecule has 1 N–H and O–H groups in total. The topological polar surface area (TPSA) is 29.1 Å². The summed E-state index contributed by atoms with van der Waals surface area (Å²) in [5, 5.41) is 1.64. The molecule has 0 bridgehead atoms. The first kappa shape index (κ1) is 18.3. The second-order valence-corrected chi connectivity index (χ2v) is 5.97. The van der Waals surface area contributed by atoms with Crippen LogP contribution in [0.3, 0.4) is 0 Å². The molecule has 0 aromatic heterocycles. The fourth-order valence-electron chi connectivity index (χ4n) is 1.26. The van der Waals surface area contributed by atoms with Crippen LogP contribution in [0.25, 0.3) is 0 Å². The van der Waals surface area contributed by atoms with Crippen LogP contribution in [0.15, 0.2) is 27.1 Å². The van der Waals surface area contributed by atoms with E-state index in [1.807, 2.05) is 0 Å². The molecule has 1 aromatic rings. The minimum Gasteiger partial charge on any atom is -0.324 e. The molecule has 0 saturated carbocycles. The summed E-state index contributed by atoms with van der Waals surface area (Å²) in [5.74, 6) is -2.20. The second-order valence-electron chi connectivity index (χ2n) is 4.20. The van der Waals surface area contributed by atoms with Crippen LogP contribution in [0.5, 0.6) is 0 Å². The zero-order chi connectivity index (χ0) is 16.6. The highest BCUT2D eigenvalue weighted by atomic mass is 79.9. The summed E-state index contributed by atoms with van der Waals surface area (Å²) in [7, 11) is 0. The van der Waals surface area contributed by atoms with Crippen molar-refractivity contribution in [1.82, 2.24) is 0 Å². The average Bonchev–Trinajstić information content (AvgIpc) is 2.28. The number of amides is 1. The van der Waals surface area contributed by atoms with E-state index in [-0.39, 0.29) is 17.1 Å². The number of benzene rings is 1. The van der Waals surface area contributed by atoms with Crippen LogP contribution in [-0.4, -0.2) is 18.3 Å². The predicted octanol–water partition coefficient (Wildman–Crippen LogP) is 5.28. The molecule has 0 spiro atoms. The molecule has 1 amide bonds. The number of nitrogens with one attached hydrogen (secondary N) is 1. The second kappa shape index (κ2) is 5.79. The van der Waals surface area contributed by atoms with Gasteiger partial charge in [0.05, 0.1) is 5.69 Å². The van der Waals surface area contributed by atoms with Gasteiger partial charge in [0.1, 0.15) is 0 Å². The molecule has 21 heavy (non-hydrogen) atoms. The Labute approximate surface area is 132 Å². The van der Waals surface area contributed by atoms with Gasteiger partial charge in [-0.25, -0.2) is 0 Å². The van der Waals surface area contributed by atoms with Crippen LogP contribution in [0.2, 0.25) is 0 Å². The fourth-order valence-corrected chi connectivity index (χ4v) is 2.40. The Hall–Kier alpha value is -0.770. The van der Waals surface area contributed by atoms with Gasteiger partial charge >= 0.3 is 12.4 Å². The first-order valence-corrected chi connectivity index (χ1v) is 6.79. The van der Waals surface area contributed by atoms with E-state index in [1.165, 1.54) is 18.2 Å². The number of halogens is 8. The summed E-state index contributed by atoms with van der Waals surface area (Å²) in [6, 6.07) is 3.90. The average molecular weight is 443 g/mol. The molecule has 0 atom stereocenters. The van der Waals surface area contributed by atoms with Crippen molar-refractivity contribution in [3.05, 3.63) is 27.1 Å². The molecule has 0 fully saturated rings. The van der Waals surface area contributed by atoms with Gasteiger partial charge in [-0.1, -0.05) is 15.9 Å². The molecule has 0 aliphatic rings. The maximum absolute atomic E-state index is 12.7. The summed E-state index contributed by atoms with van der Waals surface area (Å²) in [6.07, 6.45) is -11.6. The maximum atomic E-state index is 12.7. The van der Waals surface area contributed by atoms with Crippen molar-refractivity contribution in [1.29, 1.82) is 0 Å². The number of alkyl halides is 6. The maximum Gasteiger partial charge on any atom is 0.411 e. The van der Waals surface area contributed by atoms with Crippen molar-refractivity contribution in [2.24, 2.45) is 5.41 Å². The molecule has 0 aliphatic heterocycles. The van der Waals surface area contributed by atoms with Gasteiger partial charge in [-0.15, -0.1) is 0 Å². The highest BCUT2D eigenvalue weighted by Crippen LogP contribution is 2.50. The third kappa shape index (κ3) is 3.53. The molecule has 10 heteroatoms. The molecule has 0 unspecified atom stereocenters. The Kier molecular flexibility index (Phi) is 5.04. The zero-order valence-corrected chi connectivity index (χ0v) is 13.3. The first-order valence-electron chi connectivity index (χ1n) is 5.20. The predicted molar refractivity (Wildman–Crippen MR) is 70.7 cm³/mol. The molecule has 0 aliphatic carbocycles. The summed E-state index contributed by atoms with van der Waals surface area (Å²) in [4.78, 5) is 11.6. The summed E-state index contributed by atoms with van der Waals surface area (Å²) in [6.45, 7) is -0.199. The number of hydrogen-bond acceptors (Lipinski definition) is 1. The lowest BCUT2D eigenvalue weighted by Gasteiger charge is -2.32. The highest BCUT2D eigenvalue weighted by Gasteiger charge is 2.72. The van der Waals surface area contributed by atoms with Crippen LogP contribution in [0, 0.1) is 5.41 Å². The van der Waals surface area contributed by atoms with Crippen molar-refractivity contribution in [2.75, 3.05) is 5.32 Å². The molecular weight excluding hydrogens is 436 g/mol. The standard InChI is InChI=1S/C11H7Br2F6NO/c1-9(10(14,15)16,11(17,18)19)8(21)20-7-3-2-5(12)4-6(7)13/h2-4H,1H3,(H,20,21). The Morgan fingerprint density at radius 3 is 1.90 bits per heavy atom. The molecule has 1 aromatic carbocycles. The number of anilines is 1. The normalized spacial score (nSPS) is 13.2. The third-order valence-electron chi connectivity index (χ3n) is 2.77. The molecule has 2 nitrogen and oxygen atoms in total. The highest BCUT2D eigenvalue weighted by molar-refractivity contribution is 9.11. The van der Waals surface area contributed by atoms with Crippen molar-refractivity contribution in [3.8, 4) is 0 Å². The van der Waals surface area contributed by atoms with E-state index < -0.39 is 23.7 Å². The van der Waals surface area contributed by atoms with Gasteiger partial charge in [0.2, 0.25) is 11.3 Å². The number of carbonyl (C=O) groups excluding carboxylic acids is 1. The lowest BCUT2D eigenvalue weighted by Crippen LogP contribution is -2.55. The monoisotopic (exact) mass is 441 g/mol. The summed E-state index contributed by atoms with van der Waals surface area (Å²) < 4.78 is 77.0. The number of carbonyl (C=O) groups is 1. The van der Waals surface area contributed by atoms with Gasteiger partial charge in [0, 0.05) is 8.95 Å². The minimum absolute atomic E-state index is 0.136. The van der Waals surface area contributed by atoms with Crippen LogP contribution < -0.4 is 5.32 Å².